The molecule has 0 bridgehead atoms. The lowest BCUT2D eigenvalue weighted by Crippen LogP contribution is -2.23. The second kappa shape index (κ2) is 5.93. The lowest BCUT2D eigenvalue weighted by Gasteiger charge is -2.04. The number of ether oxygens (including phenoxy) is 1. The number of aryl methyl sites for hydroxylation is 1. The summed E-state index contributed by atoms with van der Waals surface area (Å²) in [6, 6.07) is 7.19. The Kier molecular flexibility index (Phi) is 3.82. The van der Waals surface area contributed by atoms with E-state index in [1.165, 1.54) is 0 Å². The van der Waals surface area contributed by atoms with Crippen molar-refractivity contribution in [2.24, 2.45) is 0 Å². The fraction of sp³-hybridized carbons (Fsp3) is 0.250. The molecule has 0 radical (unpaired) electrons. The number of aromatic nitrogens is 2. The van der Waals surface area contributed by atoms with Gasteiger partial charge >= 0.3 is 0 Å². The highest BCUT2D eigenvalue weighted by atomic mass is 16.6. The molecule has 0 atom stereocenters. The van der Waals surface area contributed by atoms with Gasteiger partial charge in [0.25, 0.3) is 11.9 Å². The molecule has 0 fully saturated rings. The molecule has 22 heavy (non-hydrogen) atoms. The van der Waals surface area contributed by atoms with Gasteiger partial charge in [-0.3, -0.25) is 4.79 Å². The molecular weight excluding hydrogens is 282 g/mol. The molecule has 0 saturated heterocycles. The Morgan fingerprint density at radius 3 is 3.09 bits per heavy atom. The van der Waals surface area contributed by atoms with Crippen LogP contribution in [0.3, 0.4) is 0 Å². The van der Waals surface area contributed by atoms with Crippen molar-refractivity contribution >= 4 is 11.6 Å². The summed E-state index contributed by atoms with van der Waals surface area (Å²) >= 11 is 0. The molecule has 0 spiro atoms. The number of hydrogen-bond donors (Lipinski definition) is 1. The maximum Gasteiger partial charge on any atom is 0.287 e. The minimum absolute atomic E-state index is 0.230. The third-order valence-corrected chi connectivity index (χ3v) is 3.33. The predicted octanol–water partition coefficient (Wildman–Crippen LogP) is 2.56. The molecule has 0 aromatic carbocycles. The maximum absolute atomic E-state index is 12.1. The van der Waals surface area contributed by atoms with Gasteiger partial charge in [-0.15, -0.1) is 0 Å². The van der Waals surface area contributed by atoms with E-state index >= 15 is 0 Å². The van der Waals surface area contributed by atoms with E-state index in [4.69, 9.17) is 9.15 Å². The number of rotatable bonds is 5. The van der Waals surface area contributed by atoms with Gasteiger partial charge in [-0.05, 0) is 31.5 Å². The monoisotopic (exact) mass is 299 g/mol. The SMILES string of the molecule is CCOc1ccc(C(=O)NCc2cnc3c(C)cccn23)o1. The molecule has 0 saturated carbocycles. The van der Waals surface area contributed by atoms with Crippen molar-refractivity contribution in [3.8, 4) is 5.95 Å². The molecule has 0 aliphatic rings. The highest BCUT2D eigenvalue weighted by Crippen LogP contribution is 2.16. The van der Waals surface area contributed by atoms with Gasteiger partial charge in [-0.2, -0.15) is 0 Å². The van der Waals surface area contributed by atoms with Crippen LogP contribution in [0.1, 0.15) is 28.7 Å². The molecule has 114 valence electrons. The standard InChI is InChI=1S/C16H17N3O3/c1-3-21-14-7-6-13(22-14)16(20)18-10-12-9-17-15-11(2)5-4-8-19(12)15/h4-9H,3,10H2,1-2H3,(H,18,20). The molecule has 6 heteroatoms. The van der Waals surface area contributed by atoms with E-state index in [-0.39, 0.29) is 11.7 Å². The summed E-state index contributed by atoms with van der Waals surface area (Å²) in [6.07, 6.45) is 3.69. The Bertz CT molecular complexity index is 804. The number of furan rings is 1. The van der Waals surface area contributed by atoms with Crippen LogP contribution in [-0.2, 0) is 6.54 Å². The molecule has 1 N–H and O–H groups in total. The van der Waals surface area contributed by atoms with Crippen molar-refractivity contribution in [3.63, 3.8) is 0 Å². The summed E-state index contributed by atoms with van der Waals surface area (Å²) in [6.45, 7) is 4.72. The van der Waals surface area contributed by atoms with Crippen LogP contribution in [0.25, 0.3) is 5.65 Å². The molecule has 3 aromatic rings. The Morgan fingerprint density at radius 1 is 1.41 bits per heavy atom. The van der Waals surface area contributed by atoms with Crippen molar-refractivity contribution in [2.45, 2.75) is 20.4 Å². The van der Waals surface area contributed by atoms with Gasteiger partial charge in [0, 0.05) is 12.3 Å². The number of carbonyl (C=O) groups excluding carboxylic acids is 1. The second-order valence-corrected chi connectivity index (χ2v) is 4.87. The first kappa shape index (κ1) is 14.2. The van der Waals surface area contributed by atoms with Crippen LogP contribution in [0.15, 0.2) is 41.1 Å². The van der Waals surface area contributed by atoms with Gasteiger partial charge in [0.2, 0.25) is 0 Å². The third kappa shape index (κ3) is 2.67. The second-order valence-electron chi connectivity index (χ2n) is 4.87. The van der Waals surface area contributed by atoms with E-state index in [0.717, 1.165) is 16.9 Å². The third-order valence-electron chi connectivity index (χ3n) is 3.33. The van der Waals surface area contributed by atoms with Gasteiger partial charge in [-0.1, -0.05) is 6.07 Å². The van der Waals surface area contributed by atoms with E-state index in [1.807, 2.05) is 36.6 Å². The molecule has 0 aliphatic heterocycles. The number of fused-ring (bicyclic) bond motifs is 1. The normalized spacial score (nSPS) is 10.8. The molecule has 6 nitrogen and oxygen atoms in total. The van der Waals surface area contributed by atoms with E-state index < -0.39 is 0 Å². The Hall–Kier alpha value is -2.76. The minimum atomic E-state index is -0.284. The number of carbonyl (C=O) groups is 1. The Morgan fingerprint density at radius 2 is 2.27 bits per heavy atom. The topological polar surface area (TPSA) is 68.8 Å². The molecule has 3 rings (SSSR count). The van der Waals surface area contributed by atoms with Crippen molar-refractivity contribution < 1.29 is 13.9 Å². The van der Waals surface area contributed by atoms with Crippen LogP contribution >= 0.6 is 0 Å². The fourth-order valence-corrected chi connectivity index (χ4v) is 2.25. The lowest BCUT2D eigenvalue weighted by molar-refractivity contribution is 0.0914. The molecule has 0 unspecified atom stereocenters. The summed E-state index contributed by atoms with van der Waals surface area (Å²) < 4.78 is 12.5. The number of pyridine rings is 1. The van der Waals surface area contributed by atoms with Gasteiger partial charge in [0.15, 0.2) is 5.76 Å². The largest absolute Gasteiger partial charge is 0.465 e. The zero-order chi connectivity index (χ0) is 15.5. The first-order valence-electron chi connectivity index (χ1n) is 7.11. The Labute approximate surface area is 127 Å². The van der Waals surface area contributed by atoms with Crippen LogP contribution in [0.2, 0.25) is 0 Å². The minimum Gasteiger partial charge on any atom is -0.465 e. The number of imidazole rings is 1. The molecular formula is C16H17N3O3. The summed E-state index contributed by atoms with van der Waals surface area (Å²) in [5.74, 6) is 0.292. The predicted molar refractivity (Wildman–Crippen MR) is 81.0 cm³/mol. The summed E-state index contributed by atoms with van der Waals surface area (Å²) in [7, 11) is 0. The van der Waals surface area contributed by atoms with Gasteiger partial charge < -0.3 is 18.9 Å². The zero-order valence-corrected chi connectivity index (χ0v) is 12.5. The van der Waals surface area contributed by atoms with Gasteiger partial charge in [-0.25, -0.2) is 4.98 Å². The Balaban J connectivity index is 1.70. The van der Waals surface area contributed by atoms with Crippen molar-refractivity contribution in [1.82, 2.24) is 14.7 Å². The molecule has 1 amide bonds. The maximum atomic E-state index is 12.1. The van der Waals surface area contributed by atoms with Crippen LogP contribution < -0.4 is 10.1 Å². The fourth-order valence-electron chi connectivity index (χ4n) is 2.25. The van der Waals surface area contributed by atoms with E-state index in [2.05, 4.69) is 10.3 Å². The van der Waals surface area contributed by atoms with Crippen LogP contribution in [-0.4, -0.2) is 21.9 Å². The smallest absolute Gasteiger partial charge is 0.287 e. The van der Waals surface area contributed by atoms with Crippen LogP contribution in [0, 0.1) is 6.92 Å². The molecule has 3 aromatic heterocycles. The average molecular weight is 299 g/mol. The zero-order valence-electron chi connectivity index (χ0n) is 12.5. The summed E-state index contributed by atoms with van der Waals surface area (Å²) in [5.41, 5.74) is 2.89. The quantitative estimate of drug-likeness (QED) is 0.786. The summed E-state index contributed by atoms with van der Waals surface area (Å²) in [4.78, 5) is 16.4. The highest BCUT2D eigenvalue weighted by molar-refractivity contribution is 5.91. The molecule has 0 aliphatic carbocycles. The van der Waals surface area contributed by atoms with Gasteiger partial charge in [0.05, 0.1) is 25.0 Å². The number of nitrogens with zero attached hydrogens (tertiary/aromatic N) is 2. The summed E-state index contributed by atoms with van der Waals surface area (Å²) in [5, 5.41) is 2.82. The first-order chi connectivity index (χ1) is 10.7. The number of amides is 1. The van der Waals surface area contributed by atoms with E-state index in [9.17, 15) is 4.79 Å². The van der Waals surface area contributed by atoms with Crippen molar-refractivity contribution in [1.29, 1.82) is 0 Å². The molecule has 3 heterocycles. The average Bonchev–Trinajstić information content (AvgIpc) is 3.13. The van der Waals surface area contributed by atoms with E-state index in [0.29, 0.717) is 19.1 Å². The number of hydrogen-bond acceptors (Lipinski definition) is 4. The number of nitrogens with one attached hydrogen (secondary N) is 1. The van der Waals surface area contributed by atoms with Crippen molar-refractivity contribution in [3.05, 3.63) is 53.7 Å². The highest BCUT2D eigenvalue weighted by Gasteiger charge is 2.12. The van der Waals surface area contributed by atoms with Gasteiger partial charge in [0.1, 0.15) is 5.65 Å². The lowest BCUT2D eigenvalue weighted by atomic mass is 10.3. The van der Waals surface area contributed by atoms with Crippen LogP contribution in [0.4, 0.5) is 0 Å². The van der Waals surface area contributed by atoms with E-state index in [1.54, 1.807) is 18.3 Å². The first-order valence-corrected chi connectivity index (χ1v) is 7.11. The van der Waals surface area contributed by atoms with Crippen LogP contribution in [0.5, 0.6) is 5.95 Å². The van der Waals surface area contributed by atoms with Crippen molar-refractivity contribution in [2.75, 3.05) is 6.61 Å².